The SMILES string of the molecule is CN=C(NCCCNC(=O)C1CCC1)NC(C)CCS(C)(=O)=O.I. The van der Waals surface area contributed by atoms with Gasteiger partial charge < -0.3 is 16.0 Å². The van der Waals surface area contributed by atoms with E-state index in [0.717, 1.165) is 19.3 Å². The van der Waals surface area contributed by atoms with Crippen LogP contribution in [0.25, 0.3) is 0 Å². The van der Waals surface area contributed by atoms with Crippen molar-refractivity contribution in [3.8, 4) is 0 Å². The maximum atomic E-state index is 11.7. The number of carbonyl (C=O) groups excluding carboxylic acids is 1. The third kappa shape index (κ3) is 10.3. The van der Waals surface area contributed by atoms with Crippen molar-refractivity contribution in [2.45, 2.75) is 45.1 Å². The van der Waals surface area contributed by atoms with Gasteiger partial charge >= 0.3 is 0 Å². The molecule has 1 aliphatic carbocycles. The summed E-state index contributed by atoms with van der Waals surface area (Å²) in [6.45, 7) is 3.28. The van der Waals surface area contributed by atoms with Crippen molar-refractivity contribution >= 4 is 45.7 Å². The lowest BCUT2D eigenvalue weighted by atomic mass is 9.85. The Labute approximate surface area is 162 Å². The largest absolute Gasteiger partial charge is 0.356 e. The van der Waals surface area contributed by atoms with Gasteiger partial charge in [-0.25, -0.2) is 8.42 Å². The Morgan fingerprint density at radius 3 is 2.38 bits per heavy atom. The lowest BCUT2D eigenvalue weighted by Crippen LogP contribution is -2.43. The maximum Gasteiger partial charge on any atom is 0.223 e. The molecule has 0 aromatic rings. The molecule has 1 atom stereocenters. The van der Waals surface area contributed by atoms with Gasteiger partial charge in [0.25, 0.3) is 0 Å². The van der Waals surface area contributed by atoms with Crippen LogP contribution in [0.3, 0.4) is 0 Å². The number of hydrogen-bond acceptors (Lipinski definition) is 4. The fraction of sp³-hybridized carbons (Fsp3) is 0.867. The Morgan fingerprint density at radius 2 is 1.88 bits per heavy atom. The minimum Gasteiger partial charge on any atom is -0.356 e. The third-order valence-electron chi connectivity index (χ3n) is 3.95. The quantitative estimate of drug-likeness (QED) is 0.200. The molecular weight excluding hydrogens is 443 g/mol. The highest BCUT2D eigenvalue weighted by molar-refractivity contribution is 14.0. The number of sulfone groups is 1. The average molecular weight is 474 g/mol. The van der Waals surface area contributed by atoms with Crippen molar-refractivity contribution in [2.75, 3.05) is 32.1 Å². The van der Waals surface area contributed by atoms with Gasteiger partial charge in [-0.3, -0.25) is 9.79 Å². The summed E-state index contributed by atoms with van der Waals surface area (Å²) in [5, 5.41) is 9.28. The first-order valence-electron chi connectivity index (χ1n) is 8.24. The molecule has 0 radical (unpaired) electrons. The summed E-state index contributed by atoms with van der Waals surface area (Å²) in [4.78, 5) is 15.8. The van der Waals surface area contributed by atoms with E-state index in [-0.39, 0.29) is 47.6 Å². The molecule has 3 N–H and O–H groups in total. The zero-order valence-corrected chi connectivity index (χ0v) is 17.9. The average Bonchev–Trinajstić information content (AvgIpc) is 2.40. The minimum absolute atomic E-state index is 0. The smallest absolute Gasteiger partial charge is 0.223 e. The Morgan fingerprint density at radius 1 is 1.25 bits per heavy atom. The fourth-order valence-electron chi connectivity index (χ4n) is 2.21. The standard InChI is InChI=1S/C15H30N4O3S.HI/c1-12(8-11-23(3,21)22)19-15(16-2)18-10-5-9-17-14(20)13-6-4-7-13;/h12-13H,4-11H2,1-3H3,(H,17,20)(H2,16,18,19);1H. The van der Waals surface area contributed by atoms with Gasteiger partial charge in [-0.05, 0) is 32.6 Å². The molecule has 1 amide bonds. The lowest BCUT2D eigenvalue weighted by molar-refractivity contribution is -0.127. The molecule has 0 bridgehead atoms. The molecule has 0 aromatic carbocycles. The normalized spacial score (nSPS) is 16.5. The van der Waals surface area contributed by atoms with Crippen LogP contribution in [0.1, 0.15) is 39.0 Å². The predicted octanol–water partition coefficient (Wildman–Crippen LogP) is 0.899. The number of aliphatic imine (C=N–C) groups is 1. The van der Waals surface area contributed by atoms with Gasteiger partial charge in [-0.1, -0.05) is 6.42 Å². The lowest BCUT2D eigenvalue weighted by Gasteiger charge is -2.24. The molecule has 0 aromatic heterocycles. The number of nitrogens with zero attached hydrogens (tertiary/aromatic N) is 1. The second-order valence-electron chi connectivity index (χ2n) is 6.24. The van der Waals surface area contributed by atoms with E-state index in [1.54, 1.807) is 7.05 Å². The van der Waals surface area contributed by atoms with Gasteiger partial charge in [-0.15, -0.1) is 24.0 Å². The van der Waals surface area contributed by atoms with Crippen LogP contribution < -0.4 is 16.0 Å². The van der Waals surface area contributed by atoms with Crippen molar-refractivity contribution in [3.63, 3.8) is 0 Å². The zero-order valence-electron chi connectivity index (χ0n) is 14.8. The number of nitrogens with one attached hydrogen (secondary N) is 3. The van der Waals surface area contributed by atoms with E-state index in [2.05, 4.69) is 20.9 Å². The molecule has 1 unspecified atom stereocenters. The molecule has 1 fully saturated rings. The first kappa shape index (κ1) is 23.4. The van der Waals surface area contributed by atoms with Crippen LogP contribution in [0.2, 0.25) is 0 Å². The molecule has 24 heavy (non-hydrogen) atoms. The van der Waals surface area contributed by atoms with Crippen molar-refractivity contribution in [3.05, 3.63) is 0 Å². The summed E-state index contributed by atoms with van der Waals surface area (Å²) in [5.74, 6) is 1.21. The van der Waals surface area contributed by atoms with Gasteiger partial charge in [0.05, 0.1) is 5.75 Å². The Kier molecular flexibility index (Phi) is 11.6. The van der Waals surface area contributed by atoms with Crippen LogP contribution >= 0.6 is 24.0 Å². The topological polar surface area (TPSA) is 99.7 Å². The van der Waals surface area contributed by atoms with E-state index in [0.29, 0.717) is 25.5 Å². The van der Waals surface area contributed by atoms with E-state index < -0.39 is 9.84 Å². The highest BCUT2D eigenvalue weighted by atomic mass is 127. The number of carbonyl (C=O) groups is 1. The van der Waals surface area contributed by atoms with Crippen LogP contribution in [0.4, 0.5) is 0 Å². The molecule has 0 heterocycles. The fourth-order valence-corrected chi connectivity index (χ4v) is 2.99. The van der Waals surface area contributed by atoms with E-state index in [9.17, 15) is 13.2 Å². The molecular formula is C15H31IN4O3S. The molecule has 0 aliphatic heterocycles. The Hall–Kier alpha value is -0.580. The highest BCUT2D eigenvalue weighted by Gasteiger charge is 2.24. The summed E-state index contributed by atoms with van der Waals surface area (Å²) in [6, 6.07) is 0.0224. The van der Waals surface area contributed by atoms with E-state index in [1.165, 1.54) is 12.7 Å². The summed E-state index contributed by atoms with van der Waals surface area (Å²) in [5.41, 5.74) is 0. The molecule has 7 nitrogen and oxygen atoms in total. The van der Waals surface area contributed by atoms with Crippen LogP contribution in [0.15, 0.2) is 4.99 Å². The van der Waals surface area contributed by atoms with Crippen molar-refractivity contribution in [2.24, 2.45) is 10.9 Å². The molecule has 0 saturated heterocycles. The van der Waals surface area contributed by atoms with Gasteiger partial charge in [0.1, 0.15) is 9.84 Å². The molecule has 9 heteroatoms. The van der Waals surface area contributed by atoms with Crippen molar-refractivity contribution in [1.82, 2.24) is 16.0 Å². The van der Waals surface area contributed by atoms with E-state index in [1.807, 2.05) is 6.92 Å². The van der Waals surface area contributed by atoms with Crippen molar-refractivity contribution in [1.29, 1.82) is 0 Å². The zero-order chi connectivity index (χ0) is 17.3. The number of hydrogen-bond donors (Lipinski definition) is 3. The summed E-state index contributed by atoms with van der Waals surface area (Å²) in [6.07, 6.45) is 5.80. The third-order valence-corrected chi connectivity index (χ3v) is 4.93. The number of rotatable bonds is 9. The minimum atomic E-state index is -2.94. The van der Waals surface area contributed by atoms with E-state index in [4.69, 9.17) is 0 Å². The highest BCUT2D eigenvalue weighted by Crippen LogP contribution is 2.25. The maximum absolute atomic E-state index is 11.7. The molecule has 0 spiro atoms. The second kappa shape index (κ2) is 11.9. The monoisotopic (exact) mass is 474 g/mol. The number of amides is 1. The summed E-state index contributed by atoms with van der Waals surface area (Å²) < 4.78 is 22.3. The first-order valence-corrected chi connectivity index (χ1v) is 10.3. The molecule has 1 aliphatic rings. The Bertz CT molecular complexity index is 507. The van der Waals surface area contributed by atoms with Gasteiger partial charge in [0.2, 0.25) is 5.91 Å². The van der Waals surface area contributed by atoms with Gasteiger partial charge in [-0.2, -0.15) is 0 Å². The second-order valence-corrected chi connectivity index (χ2v) is 8.50. The predicted molar refractivity (Wildman–Crippen MR) is 109 cm³/mol. The van der Waals surface area contributed by atoms with Gasteiger partial charge in [0.15, 0.2) is 5.96 Å². The summed E-state index contributed by atoms with van der Waals surface area (Å²) >= 11 is 0. The molecule has 1 saturated carbocycles. The van der Waals surface area contributed by atoms with Crippen LogP contribution in [-0.2, 0) is 14.6 Å². The summed E-state index contributed by atoms with van der Waals surface area (Å²) in [7, 11) is -1.26. The number of halogens is 1. The Balaban J connectivity index is 0.00000529. The molecule has 1 rings (SSSR count). The van der Waals surface area contributed by atoms with E-state index >= 15 is 0 Å². The van der Waals surface area contributed by atoms with Crippen LogP contribution in [0.5, 0.6) is 0 Å². The van der Waals surface area contributed by atoms with Crippen LogP contribution in [-0.4, -0.2) is 58.5 Å². The first-order chi connectivity index (χ1) is 10.8. The van der Waals surface area contributed by atoms with Crippen molar-refractivity contribution < 1.29 is 13.2 Å². The van der Waals surface area contributed by atoms with Gasteiger partial charge in [0, 0.05) is 38.4 Å². The number of guanidine groups is 1. The van der Waals surface area contributed by atoms with Crippen LogP contribution in [0, 0.1) is 5.92 Å². The molecule has 142 valence electrons.